The van der Waals surface area contributed by atoms with E-state index in [1.54, 1.807) is 13.8 Å². The summed E-state index contributed by atoms with van der Waals surface area (Å²) in [5.74, 6) is -2.19. The minimum atomic E-state index is -4.12. The average Bonchev–Trinajstić information content (AvgIpc) is 3.10. The molecule has 0 aliphatic carbocycles. The Kier molecular flexibility index (Phi) is 8.34. The van der Waals surface area contributed by atoms with Gasteiger partial charge in [-0.05, 0) is 69.2 Å². The third-order valence-electron chi connectivity index (χ3n) is 5.05. The third kappa shape index (κ3) is 6.71. The van der Waals surface area contributed by atoms with Crippen molar-refractivity contribution in [3.8, 4) is 17.3 Å². The number of carboxylic acids is 1. The van der Waals surface area contributed by atoms with Crippen LogP contribution < -0.4 is 14.8 Å². The Balaban J connectivity index is 2.14. The number of amides is 1. The molecule has 198 valence electrons. The number of halogens is 1. The average molecular weight is 533 g/mol. The molecule has 37 heavy (non-hydrogen) atoms. The van der Waals surface area contributed by atoms with E-state index >= 15 is 0 Å². The number of aromatic nitrogens is 2. The number of benzene rings is 2. The van der Waals surface area contributed by atoms with E-state index in [0.29, 0.717) is 5.69 Å². The molecule has 2 aromatic carbocycles. The molecule has 0 aliphatic rings. The van der Waals surface area contributed by atoms with Gasteiger partial charge in [0.15, 0.2) is 5.69 Å². The maximum absolute atomic E-state index is 13.5. The van der Waals surface area contributed by atoms with Gasteiger partial charge in [-0.2, -0.15) is 9.78 Å². The minimum Gasteiger partial charge on any atom is -0.476 e. The highest BCUT2D eigenvalue weighted by molar-refractivity contribution is 7.89. The predicted molar refractivity (Wildman–Crippen MR) is 135 cm³/mol. The van der Waals surface area contributed by atoms with Crippen LogP contribution in [0.15, 0.2) is 47.4 Å². The molecule has 0 saturated carbocycles. The van der Waals surface area contributed by atoms with Crippen molar-refractivity contribution >= 4 is 27.6 Å². The SMILES string of the molecule is Cc1c(C(=O)O)nn(-c2ccc(F)cc2)c1Oc1ccc(NC(=O)CC(C)C)cc1S(=O)(=O)NC(C)C. The number of carboxylic acid groups (broad SMARTS) is 1. The van der Waals surface area contributed by atoms with Crippen molar-refractivity contribution in [2.75, 3.05) is 5.32 Å². The monoisotopic (exact) mass is 532 g/mol. The van der Waals surface area contributed by atoms with E-state index in [1.807, 2.05) is 13.8 Å². The summed E-state index contributed by atoms with van der Waals surface area (Å²) in [4.78, 5) is 23.8. The molecule has 3 aromatic rings. The molecule has 0 aliphatic heterocycles. The Morgan fingerprint density at radius 3 is 2.32 bits per heavy atom. The zero-order valence-electron chi connectivity index (χ0n) is 21.1. The molecule has 0 fully saturated rings. The zero-order valence-corrected chi connectivity index (χ0v) is 21.9. The fraction of sp³-hybridized carbons (Fsp3) is 0.320. The van der Waals surface area contributed by atoms with Crippen LogP contribution in [0.4, 0.5) is 10.1 Å². The Labute approximate surface area is 214 Å². The standard InChI is InChI=1S/C25H29FN4O6S/c1-14(2)12-22(31)27-18-8-11-20(21(13-18)37(34,35)29-15(3)4)36-24-16(5)23(25(32)33)28-30(24)19-9-6-17(26)7-10-19/h6-11,13-15,29H,12H2,1-5H3,(H,27,31)(H,32,33). The number of ether oxygens (including phenoxy) is 1. The van der Waals surface area contributed by atoms with E-state index in [9.17, 15) is 27.5 Å². The number of hydrogen-bond acceptors (Lipinski definition) is 6. The van der Waals surface area contributed by atoms with Crippen LogP contribution in [0.25, 0.3) is 5.69 Å². The van der Waals surface area contributed by atoms with E-state index in [2.05, 4.69) is 15.1 Å². The molecular weight excluding hydrogens is 503 g/mol. The van der Waals surface area contributed by atoms with Crippen LogP contribution in [-0.4, -0.2) is 41.2 Å². The second kappa shape index (κ2) is 11.1. The number of nitrogens with zero attached hydrogens (tertiary/aromatic N) is 2. The summed E-state index contributed by atoms with van der Waals surface area (Å²) in [6.45, 7) is 8.54. The number of carbonyl (C=O) groups excluding carboxylic acids is 1. The summed E-state index contributed by atoms with van der Waals surface area (Å²) >= 11 is 0. The second-order valence-electron chi connectivity index (χ2n) is 9.16. The van der Waals surface area contributed by atoms with E-state index < -0.39 is 27.9 Å². The molecule has 1 amide bonds. The van der Waals surface area contributed by atoms with Gasteiger partial charge < -0.3 is 15.2 Å². The van der Waals surface area contributed by atoms with Crippen molar-refractivity contribution in [1.29, 1.82) is 0 Å². The van der Waals surface area contributed by atoms with Crippen molar-refractivity contribution in [1.82, 2.24) is 14.5 Å². The highest BCUT2D eigenvalue weighted by atomic mass is 32.2. The number of hydrogen-bond donors (Lipinski definition) is 3. The van der Waals surface area contributed by atoms with Crippen molar-refractivity contribution in [2.24, 2.45) is 5.92 Å². The van der Waals surface area contributed by atoms with Crippen molar-refractivity contribution in [3.63, 3.8) is 0 Å². The van der Waals surface area contributed by atoms with Gasteiger partial charge in [-0.1, -0.05) is 13.8 Å². The Morgan fingerprint density at radius 2 is 1.76 bits per heavy atom. The largest absolute Gasteiger partial charge is 0.476 e. The van der Waals surface area contributed by atoms with Gasteiger partial charge >= 0.3 is 5.97 Å². The number of rotatable bonds is 10. The van der Waals surface area contributed by atoms with Crippen LogP contribution in [0.1, 0.15) is 50.2 Å². The van der Waals surface area contributed by atoms with Gasteiger partial charge in [0.05, 0.1) is 5.69 Å². The van der Waals surface area contributed by atoms with E-state index in [0.717, 1.165) is 4.68 Å². The molecule has 1 aromatic heterocycles. The number of sulfonamides is 1. The summed E-state index contributed by atoms with van der Waals surface area (Å²) in [5, 5.41) is 16.4. The van der Waals surface area contributed by atoms with Crippen LogP contribution in [0, 0.1) is 18.7 Å². The van der Waals surface area contributed by atoms with E-state index in [1.165, 1.54) is 49.4 Å². The molecule has 12 heteroatoms. The fourth-order valence-corrected chi connectivity index (χ4v) is 4.91. The minimum absolute atomic E-state index is 0.0680. The molecule has 0 atom stereocenters. The predicted octanol–water partition coefficient (Wildman–Crippen LogP) is 4.48. The van der Waals surface area contributed by atoms with Crippen LogP contribution >= 0.6 is 0 Å². The van der Waals surface area contributed by atoms with Gasteiger partial charge in [-0.15, -0.1) is 0 Å². The van der Waals surface area contributed by atoms with Gasteiger partial charge in [0.1, 0.15) is 16.5 Å². The first-order valence-electron chi connectivity index (χ1n) is 11.5. The number of anilines is 1. The van der Waals surface area contributed by atoms with Gasteiger partial charge in [-0.3, -0.25) is 4.79 Å². The molecule has 0 radical (unpaired) electrons. The Hall–Kier alpha value is -3.77. The van der Waals surface area contributed by atoms with Gasteiger partial charge in [0.25, 0.3) is 0 Å². The van der Waals surface area contributed by atoms with Crippen LogP contribution in [-0.2, 0) is 14.8 Å². The topological polar surface area (TPSA) is 140 Å². The van der Waals surface area contributed by atoms with E-state index in [4.69, 9.17) is 4.74 Å². The highest BCUT2D eigenvalue weighted by Gasteiger charge is 2.27. The third-order valence-corrected chi connectivity index (χ3v) is 6.73. The lowest BCUT2D eigenvalue weighted by Gasteiger charge is -2.17. The summed E-state index contributed by atoms with van der Waals surface area (Å²) < 4.78 is 49.5. The van der Waals surface area contributed by atoms with Crippen molar-refractivity contribution < 1.29 is 32.2 Å². The smallest absolute Gasteiger partial charge is 0.356 e. The highest BCUT2D eigenvalue weighted by Crippen LogP contribution is 2.35. The lowest BCUT2D eigenvalue weighted by atomic mass is 10.1. The maximum Gasteiger partial charge on any atom is 0.356 e. The molecule has 1 heterocycles. The summed E-state index contributed by atoms with van der Waals surface area (Å²) in [7, 11) is -4.12. The van der Waals surface area contributed by atoms with Gasteiger partial charge in [-0.25, -0.2) is 22.3 Å². The summed E-state index contributed by atoms with van der Waals surface area (Å²) in [5.41, 5.74) is 0.360. The Bertz CT molecular complexity index is 1420. The molecule has 0 unspecified atom stereocenters. The number of nitrogens with one attached hydrogen (secondary N) is 2. The molecule has 0 saturated heterocycles. The van der Waals surface area contributed by atoms with E-state index in [-0.39, 0.29) is 51.7 Å². The first kappa shape index (κ1) is 27.8. The summed E-state index contributed by atoms with van der Waals surface area (Å²) in [6.07, 6.45) is 0.249. The lowest BCUT2D eigenvalue weighted by Crippen LogP contribution is -2.30. The summed E-state index contributed by atoms with van der Waals surface area (Å²) in [6, 6.07) is 8.78. The van der Waals surface area contributed by atoms with Gasteiger partial charge in [0, 0.05) is 23.7 Å². The molecule has 10 nitrogen and oxygen atoms in total. The molecule has 0 spiro atoms. The number of carbonyl (C=O) groups is 2. The first-order valence-corrected chi connectivity index (χ1v) is 13.0. The number of aromatic carboxylic acids is 1. The van der Waals surface area contributed by atoms with Crippen LogP contribution in [0.3, 0.4) is 0 Å². The molecular formula is C25H29FN4O6S. The molecule has 0 bridgehead atoms. The first-order chi connectivity index (χ1) is 17.3. The van der Waals surface area contributed by atoms with Gasteiger partial charge in [0.2, 0.25) is 21.8 Å². The maximum atomic E-state index is 13.5. The molecule has 3 N–H and O–H groups in total. The fourth-order valence-electron chi connectivity index (χ4n) is 3.50. The molecule has 3 rings (SSSR count). The van der Waals surface area contributed by atoms with Crippen LogP contribution in [0.2, 0.25) is 0 Å². The lowest BCUT2D eigenvalue weighted by molar-refractivity contribution is -0.116. The van der Waals surface area contributed by atoms with Crippen molar-refractivity contribution in [3.05, 3.63) is 59.5 Å². The van der Waals surface area contributed by atoms with Crippen LogP contribution in [0.5, 0.6) is 11.6 Å². The Morgan fingerprint density at radius 1 is 1.11 bits per heavy atom. The zero-order chi connectivity index (χ0) is 27.5. The van der Waals surface area contributed by atoms with Crippen molar-refractivity contribution in [2.45, 2.75) is 52.0 Å². The normalized spacial score (nSPS) is 11.7. The second-order valence-corrected chi connectivity index (χ2v) is 10.8. The quantitative estimate of drug-likeness (QED) is 0.350.